The van der Waals surface area contributed by atoms with Gasteiger partial charge in [0.15, 0.2) is 0 Å². The van der Waals surface area contributed by atoms with E-state index in [0.29, 0.717) is 12.5 Å². The van der Waals surface area contributed by atoms with E-state index in [1.807, 2.05) is 6.07 Å². The first-order chi connectivity index (χ1) is 11.8. The van der Waals surface area contributed by atoms with Crippen LogP contribution < -0.4 is 0 Å². The molecule has 1 amide bonds. The maximum Gasteiger partial charge on any atom is 0.223 e. The number of hydrogen-bond acceptors (Lipinski definition) is 2. The van der Waals surface area contributed by atoms with Gasteiger partial charge in [-0.1, -0.05) is 18.2 Å². The first-order valence-electron chi connectivity index (χ1n) is 9.30. The highest BCUT2D eigenvalue weighted by Crippen LogP contribution is 2.33. The quantitative estimate of drug-likeness (QED) is 0.916. The second-order valence-corrected chi connectivity index (χ2v) is 7.08. The van der Waals surface area contributed by atoms with Crippen molar-refractivity contribution in [3.8, 4) is 0 Å². The van der Waals surface area contributed by atoms with Crippen LogP contribution in [0.3, 0.4) is 0 Å². The number of benzene rings is 1. The highest BCUT2D eigenvalue weighted by atomic mass is 16.5. The highest BCUT2D eigenvalue weighted by molar-refractivity contribution is 5.81. The number of para-hydroxylation sites is 1. The molecule has 24 heavy (non-hydrogen) atoms. The summed E-state index contributed by atoms with van der Waals surface area (Å²) in [4.78, 5) is 18.4. The third kappa shape index (κ3) is 3.20. The summed E-state index contributed by atoms with van der Waals surface area (Å²) in [6.07, 6.45) is 7.39. The number of aromatic amines is 1. The van der Waals surface area contributed by atoms with Gasteiger partial charge in [-0.15, -0.1) is 0 Å². The molecule has 2 aliphatic rings. The smallest absolute Gasteiger partial charge is 0.223 e. The topological polar surface area (TPSA) is 45.3 Å². The lowest BCUT2D eigenvalue weighted by Crippen LogP contribution is -2.38. The van der Waals surface area contributed by atoms with Crippen molar-refractivity contribution in [1.82, 2.24) is 9.88 Å². The van der Waals surface area contributed by atoms with E-state index < -0.39 is 0 Å². The maximum atomic E-state index is 12.8. The Balaban J connectivity index is 1.48. The molecule has 0 bridgehead atoms. The molecule has 0 spiro atoms. The molecule has 4 nitrogen and oxygen atoms in total. The fourth-order valence-electron chi connectivity index (χ4n) is 4.13. The summed E-state index contributed by atoms with van der Waals surface area (Å²) in [6.45, 7) is 1.74. The number of hydrogen-bond donors (Lipinski definition) is 1. The second kappa shape index (κ2) is 6.98. The minimum Gasteiger partial charge on any atom is -0.378 e. The third-order valence-corrected chi connectivity index (χ3v) is 5.44. The molecular weight excluding hydrogens is 300 g/mol. The van der Waals surface area contributed by atoms with Gasteiger partial charge in [0.2, 0.25) is 5.91 Å². The average molecular weight is 326 g/mol. The van der Waals surface area contributed by atoms with Gasteiger partial charge in [-0.25, -0.2) is 0 Å². The van der Waals surface area contributed by atoms with Crippen molar-refractivity contribution < 1.29 is 9.53 Å². The van der Waals surface area contributed by atoms with Crippen LogP contribution in [-0.4, -0.2) is 35.0 Å². The molecule has 2 atom stereocenters. The summed E-state index contributed by atoms with van der Waals surface area (Å²) in [5, 5.41) is 1.23. The Kier molecular flexibility index (Phi) is 4.56. The number of H-pyrrole nitrogens is 1. The number of likely N-dealkylation sites (tertiary alicyclic amines) is 1. The molecule has 2 aliphatic heterocycles. The largest absolute Gasteiger partial charge is 0.378 e. The van der Waals surface area contributed by atoms with E-state index in [2.05, 4.69) is 34.1 Å². The van der Waals surface area contributed by atoms with E-state index in [4.69, 9.17) is 4.74 Å². The lowest BCUT2D eigenvalue weighted by molar-refractivity contribution is -0.135. The van der Waals surface area contributed by atoms with Gasteiger partial charge in [0, 0.05) is 30.8 Å². The Bertz CT molecular complexity index is 669. The number of aromatic nitrogens is 1. The number of rotatable bonds is 4. The van der Waals surface area contributed by atoms with Gasteiger partial charge >= 0.3 is 0 Å². The summed E-state index contributed by atoms with van der Waals surface area (Å²) in [6, 6.07) is 10.8. The minimum atomic E-state index is 0.197. The summed E-state index contributed by atoms with van der Waals surface area (Å²) >= 11 is 0. The van der Waals surface area contributed by atoms with E-state index in [-0.39, 0.29) is 11.9 Å². The summed E-state index contributed by atoms with van der Waals surface area (Å²) < 4.78 is 5.67. The Morgan fingerprint density at radius 3 is 2.96 bits per heavy atom. The van der Waals surface area contributed by atoms with Crippen molar-refractivity contribution in [3.63, 3.8) is 0 Å². The van der Waals surface area contributed by atoms with Crippen LogP contribution in [0.25, 0.3) is 10.9 Å². The lowest BCUT2D eigenvalue weighted by Gasteiger charge is -2.35. The van der Waals surface area contributed by atoms with Gasteiger partial charge in [0.1, 0.15) is 0 Å². The molecule has 0 aliphatic carbocycles. The van der Waals surface area contributed by atoms with Gasteiger partial charge < -0.3 is 14.6 Å². The molecule has 128 valence electrons. The van der Waals surface area contributed by atoms with Crippen molar-refractivity contribution >= 4 is 16.8 Å². The highest BCUT2D eigenvalue weighted by Gasteiger charge is 2.29. The van der Waals surface area contributed by atoms with Gasteiger partial charge in [0.25, 0.3) is 0 Å². The fraction of sp³-hybridized carbons (Fsp3) is 0.550. The summed E-state index contributed by atoms with van der Waals surface area (Å²) in [5.41, 5.74) is 2.34. The second-order valence-electron chi connectivity index (χ2n) is 7.08. The van der Waals surface area contributed by atoms with Crippen molar-refractivity contribution in [1.29, 1.82) is 0 Å². The van der Waals surface area contributed by atoms with Crippen LogP contribution in [0.2, 0.25) is 0 Å². The number of piperidine rings is 1. The minimum absolute atomic E-state index is 0.197. The monoisotopic (exact) mass is 326 g/mol. The van der Waals surface area contributed by atoms with Gasteiger partial charge in [0.05, 0.1) is 12.1 Å². The van der Waals surface area contributed by atoms with Crippen molar-refractivity contribution in [2.75, 3.05) is 13.2 Å². The van der Waals surface area contributed by atoms with E-state index in [1.165, 1.54) is 17.5 Å². The van der Waals surface area contributed by atoms with E-state index >= 15 is 0 Å². The zero-order valence-corrected chi connectivity index (χ0v) is 14.2. The van der Waals surface area contributed by atoms with E-state index in [0.717, 1.165) is 50.8 Å². The molecule has 0 unspecified atom stereocenters. The lowest BCUT2D eigenvalue weighted by atomic mass is 9.98. The Morgan fingerprint density at radius 2 is 2.12 bits per heavy atom. The van der Waals surface area contributed by atoms with Crippen LogP contribution in [0.5, 0.6) is 0 Å². The Labute approximate surface area is 143 Å². The fourth-order valence-corrected chi connectivity index (χ4v) is 4.13. The Morgan fingerprint density at radius 1 is 1.21 bits per heavy atom. The molecule has 4 rings (SSSR count). The molecule has 0 radical (unpaired) electrons. The SMILES string of the molecule is O=C(CC[C@@H]1CCCO1)N1CCCC[C@H]1c1cc2ccccc2[nH]1. The van der Waals surface area contributed by atoms with Gasteiger partial charge in [-0.3, -0.25) is 4.79 Å². The molecule has 2 aromatic rings. The first kappa shape index (κ1) is 15.7. The predicted octanol–water partition coefficient (Wildman–Crippen LogP) is 4.18. The van der Waals surface area contributed by atoms with Crippen LogP contribution in [0, 0.1) is 0 Å². The van der Waals surface area contributed by atoms with Gasteiger partial charge in [-0.2, -0.15) is 0 Å². The number of ether oxygens (including phenoxy) is 1. The molecule has 2 fully saturated rings. The predicted molar refractivity (Wildman–Crippen MR) is 94.8 cm³/mol. The first-order valence-corrected chi connectivity index (χ1v) is 9.30. The summed E-state index contributed by atoms with van der Waals surface area (Å²) in [7, 11) is 0. The normalized spacial score (nSPS) is 24.6. The summed E-state index contributed by atoms with van der Waals surface area (Å²) in [5.74, 6) is 0.286. The number of nitrogens with one attached hydrogen (secondary N) is 1. The van der Waals surface area contributed by atoms with E-state index in [1.54, 1.807) is 0 Å². The number of amides is 1. The van der Waals surface area contributed by atoms with Crippen LogP contribution >= 0.6 is 0 Å². The van der Waals surface area contributed by atoms with Crippen LogP contribution in [-0.2, 0) is 9.53 Å². The molecular formula is C20H26N2O2. The van der Waals surface area contributed by atoms with Gasteiger partial charge in [-0.05, 0) is 56.0 Å². The van der Waals surface area contributed by atoms with Crippen LogP contribution in [0.15, 0.2) is 30.3 Å². The third-order valence-electron chi connectivity index (χ3n) is 5.44. The molecule has 2 saturated heterocycles. The molecule has 1 aromatic carbocycles. The average Bonchev–Trinajstić information content (AvgIpc) is 3.29. The molecule has 1 N–H and O–H groups in total. The molecule has 0 saturated carbocycles. The number of fused-ring (bicyclic) bond motifs is 1. The zero-order valence-electron chi connectivity index (χ0n) is 14.2. The van der Waals surface area contributed by atoms with Crippen molar-refractivity contribution in [2.24, 2.45) is 0 Å². The van der Waals surface area contributed by atoms with Crippen molar-refractivity contribution in [2.45, 2.75) is 57.1 Å². The maximum absolute atomic E-state index is 12.8. The number of carbonyl (C=O) groups excluding carboxylic acids is 1. The van der Waals surface area contributed by atoms with Crippen LogP contribution in [0.1, 0.15) is 56.7 Å². The standard InChI is InChI=1S/C20H26N2O2/c23-20(11-10-16-7-5-13-24-16)22-12-4-3-9-19(22)18-14-15-6-1-2-8-17(15)21-18/h1-2,6,8,14,16,19,21H,3-5,7,9-13H2/t16-,19-/m0/s1. The molecule has 3 heterocycles. The van der Waals surface area contributed by atoms with E-state index in [9.17, 15) is 4.79 Å². The molecule has 1 aromatic heterocycles. The number of carbonyl (C=O) groups is 1. The Hall–Kier alpha value is -1.81. The number of nitrogens with zero attached hydrogens (tertiary/aromatic N) is 1. The van der Waals surface area contributed by atoms with Crippen molar-refractivity contribution in [3.05, 3.63) is 36.0 Å². The molecule has 4 heteroatoms. The van der Waals surface area contributed by atoms with Crippen LogP contribution in [0.4, 0.5) is 0 Å². The zero-order chi connectivity index (χ0) is 16.4.